The minimum absolute atomic E-state index is 0.883. The van der Waals surface area contributed by atoms with Crippen LogP contribution in [0.4, 0.5) is 0 Å². The van der Waals surface area contributed by atoms with Gasteiger partial charge in [0.05, 0.1) is 7.11 Å². The maximum Gasteiger partial charge on any atom is 0.415 e. The van der Waals surface area contributed by atoms with Gasteiger partial charge >= 0.3 is 7.80 Å². The van der Waals surface area contributed by atoms with Gasteiger partial charge in [-0.1, -0.05) is 58.7 Å². The van der Waals surface area contributed by atoms with Gasteiger partial charge in [0.1, 0.15) is 5.75 Å². The smallest absolute Gasteiger partial charge is 0.415 e. The molecule has 3 rings (SSSR count). The van der Waals surface area contributed by atoms with Gasteiger partial charge in [0.15, 0.2) is 10.6 Å². The molecule has 0 aliphatic carbocycles. The number of hydrogen-bond acceptors (Lipinski definition) is 2. The van der Waals surface area contributed by atoms with Gasteiger partial charge in [0, 0.05) is 0 Å². The van der Waals surface area contributed by atoms with Crippen LogP contribution in [0.15, 0.2) is 72.8 Å². The quantitative estimate of drug-likeness (QED) is 0.615. The van der Waals surface area contributed by atoms with Gasteiger partial charge in [0.25, 0.3) is 0 Å². The van der Waals surface area contributed by atoms with E-state index in [9.17, 15) is 4.57 Å². The number of rotatable bonds is 3. The molecule has 0 spiro atoms. The second kappa shape index (κ2) is 9.15. The van der Waals surface area contributed by atoms with Gasteiger partial charge in [-0.05, 0) is 56.2 Å². The third-order valence-corrected chi connectivity index (χ3v) is 5.32. The van der Waals surface area contributed by atoms with Crippen LogP contribution in [0.3, 0.4) is 0 Å². The Kier molecular flexibility index (Phi) is 6.91. The van der Waals surface area contributed by atoms with Gasteiger partial charge < -0.3 is 4.74 Å². The molecular formula is C22H24O2P+. The Morgan fingerprint density at radius 2 is 1.12 bits per heavy atom. The minimum Gasteiger partial charge on any atom is -0.496 e. The summed E-state index contributed by atoms with van der Waals surface area (Å²) in [5.41, 5.74) is 3.72. The van der Waals surface area contributed by atoms with Crippen molar-refractivity contribution in [2.24, 2.45) is 0 Å². The fourth-order valence-electron chi connectivity index (χ4n) is 2.76. The molecular weight excluding hydrogens is 327 g/mol. The Bertz CT molecular complexity index is 763. The van der Waals surface area contributed by atoms with Crippen LogP contribution < -0.4 is 15.3 Å². The highest BCUT2D eigenvalue weighted by Crippen LogP contribution is 2.23. The third-order valence-electron chi connectivity index (χ3n) is 3.79. The lowest BCUT2D eigenvalue weighted by atomic mass is 10.1. The summed E-state index contributed by atoms with van der Waals surface area (Å²) in [7, 11) is 0.292. The first-order valence-corrected chi connectivity index (χ1v) is 9.48. The van der Waals surface area contributed by atoms with Crippen molar-refractivity contribution in [3.05, 3.63) is 89.5 Å². The van der Waals surface area contributed by atoms with Gasteiger partial charge in [-0.25, -0.2) is 0 Å². The first-order valence-electron chi connectivity index (χ1n) is 8.22. The summed E-state index contributed by atoms with van der Waals surface area (Å²) in [5.74, 6) is 1.01. The molecule has 0 aromatic heterocycles. The van der Waals surface area contributed by atoms with Crippen molar-refractivity contribution in [1.29, 1.82) is 0 Å². The van der Waals surface area contributed by atoms with E-state index in [0.717, 1.165) is 16.4 Å². The number of methoxy groups -OCH3 is 1. The van der Waals surface area contributed by atoms with E-state index in [1.807, 2.05) is 60.7 Å². The highest BCUT2D eigenvalue weighted by molar-refractivity contribution is 7.61. The molecule has 0 unspecified atom stereocenters. The van der Waals surface area contributed by atoms with Crippen molar-refractivity contribution < 1.29 is 9.30 Å². The average Bonchev–Trinajstić information content (AvgIpc) is 2.63. The van der Waals surface area contributed by atoms with Gasteiger partial charge in [0.2, 0.25) is 0 Å². The van der Waals surface area contributed by atoms with E-state index in [4.69, 9.17) is 4.74 Å². The molecule has 0 amide bonds. The zero-order chi connectivity index (χ0) is 18.2. The molecule has 0 saturated heterocycles. The Balaban J connectivity index is 0.000000186. The lowest BCUT2D eigenvalue weighted by Gasteiger charge is -2.08. The normalized spacial score (nSPS) is 9.76. The molecule has 25 heavy (non-hydrogen) atoms. The Morgan fingerprint density at radius 3 is 1.48 bits per heavy atom. The highest BCUT2D eigenvalue weighted by Gasteiger charge is 2.21. The van der Waals surface area contributed by atoms with Crippen molar-refractivity contribution in [2.45, 2.75) is 20.8 Å². The fourth-order valence-corrected chi connectivity index (χ4v) is 3.95. The lowest BCUT2D eigenvalue weighted by Crippen LogP contribution is -2.04. The summed E-state index contributed by atoms with van der Waals surface area (Å²) in [6, 6.07) is 23.3. The van der Waals surface area contributed by atoms with E-state index < -0.39 is 7.80 Å². The largest absolute Gasteiger partial charge is 0.496 e. The lowest BCUT2D eigenvalue weighted by molar-refractivity contribution is 0.408. The SMILES string of the molecule is COc1c(C)cc(C)cc1C.O=[P+](c1ccccc1)c1ccccc1. The zero-order valence-electron chi connectivity index (χ0n) is 15.2. The van der Waals surface area contributed by atoms with Crippen molar-refractivity contribution in [3.63, 3.8) is 0 Å². The summed E-state index contributed by atoms with van der Waals surface area (Å²) >= 11 is 0. The van der Waals surface area contributed by atoms with E-state index in [1.165, 1.54) is 16.7 Å². The van der Waals surface area contributed by atoms with E-state index >= 15 is 0 Å². The second-order valence-electron chi connectivity index (χ2n) is 5.90. The Hall–Kier alpha value is -2.44. The molecule has 0 N–H and O–H groups in total. The standard InChI is InChI=1S/C12H10OP.C10H14O/c13-14(11-7-3-1-4-8-11)12-9-5-2-6-10-12;1-7-5-8(2)10(11-4)9(3)6-7/h1-10H;5-6H,1-4H3/q+1;. The molecule has 0 fully saturated rings. The molecule has 3 heteroatoms. The van der Waals surface area contributed by atoms with Crippen molar-refractivity contribution >= 4 is 18.4 Å². The average molecular weight is 351 g/mol. The predicted molar refractivity (Wildman–Crippen MR) is 107 cm³/mol. The minimum atomic E-state index is -1.42. The fraction of sp³-hybridized carbons (Fsp3) is 0.182. The van der Waals surface area contributed by atoms with Crippen molar-refractivity contribution in [1.82, 2.24) is 0 Å². The van der Waals surface area contributed by atoms with Crippen LogP contribution in [0.2, 0.25) is 0 Å². The van der Waals surface area contributed by atoms with Gasteiger partial charge in [-0.15, -0.1) is 0 Å². The molecule has 0 aliphatic rings. The summed E-state index contributed by atoms with van der Waals surface area (Å²) in [6.45, 7) is 6.23. The first kappa shape index (κ1) is 18.9. The summed E-state index contributed by atoms with van der Waals surface area (Å²) in [6.07, 6.45) is 0. The molecule has 3 aromatic carbocycles. The van der Waals surface area contributed by atoms with E-state index in [-0.39, 0.29) is 0 Å². The molecule has 0 radical (unpaired) electrons. The number of aryl methyl sites for hydroxylation is 3. The van der Waals surface area contributed by atoms with Crippen molar-refractivity contribution in [2.75, 3.05) is 7.11 Å². The maximum atomic E-state index is 12.0. The van der Waals surface area contributed by atoms with Crippen LogP contribution in [-0.4, -0.2) is 7.11 Å². The van der Waals surface area contributed by atoms with E-state index in [2.05, 4.69) is 32.9 Å². The molecule has 0 atom stereocenters. The molecule has 0 saturated carbocycles. The first-order chi connectivity index (χ1) is 12.0. The maximum absolute atomic E-state index is 12.0. The van der Waals surface area contributed by atoms with Crippen LogP contribution in [0, 0.1) is 20.8 Å². The summed E-state index contributed by atoms with van der Waals surface area (Å²) < 4.78 is 17.2. The molecule has 0 bridgehead atoms. The van der Waals surface area contributed by atoms with Crippen LogP contribution in [0.25, 0.3) is 0 Å². The van der Waals surface area contributed by atoms with Gasteiger partial charge in [-0.2, -0.15) is 0 Å². The Morgan fingerprint density at radius 1 is 0.720 bits per heavy atom. The second-order valence-corrected chi connectivity index (χ2v) is 7.52. The predicted octanol–water partition coefficient (Wildman–Crippen LogP) is 5.09. The highest BCUT2D eigenvalue weighted by atomic mass is 31.1. The Labute approximate surface area is 151 Å². The topological polar surface area (TPSA) is 26.3 Å². The molecule has 0 aliphatic heterocycles. The van der Waals surface area contributed by atoms with Crippen molar-refractivity contribution in [3.8, 4) is 5.75 Å². The molecule has 3 aromatic rings. The van der Waals surface area contributed by atoms with E-state index in [0.29, 0.717) is 0 Å². The zero-order valence-corrected chi connectivity index (χ0v) is 16.1. The number of hydrogen-bond donors (Lipinski definition) is 0. The summed E-state index contributed by atoms with van der Waals surface area (Å²) in [4.78, 5) is 0. The number of ether oxygens (including phenoxy) is 1. The number of benzene rings is 3. The monoisotopic (exact) mass is 351 g/mol. The van der Waals surface area contributed by atoms with E-state index in [1.54, 1.807) is 7.11 Å². The van der Waals surface area contributed by atoms with Gasteiger partial charge in [-0.3, -0.25) is 0 Å². The van der Waals surface area contributed by atoms with Crippen LogP contribution in [0.5, 0.6) is 5.75 Å². The molecule has 2 nitrogen and oxygen atoms in total. The molecule has 0 heterocycles. The van der Waals surface area contributed by atoms with Crippen LogP contribution >= 0.6 is 7.80 Å². The summed E-state index contributed by atoms with van der Waals surface area (Å²) in [5, 5.41) is 1.77. The van der Waals surface area contributed by atoms with Crippen LogP contribution in [0.1, 0.15) is 16.7 Å². The molecule has 128 valence electrons. The third kappa shape index (κ3) is 5.27. The van der Waals surface area contributed by atoms with Crippen LogP contribution in [-0.2, 0) is 4.57 Å².